The molecule has 1 heterocycles. The molecule has 1 aliphatic rings. The monoisotopic (exact) mass is 242 g/mol. The van der Waals surface area contributed by atoms with Crippen LogP contribution in [0.15, 0.2) is 18.2 Å². The van der Waals surface area contributed by atoms with E-state index in [4.69, 9.17) is 16.3 Å². The first-order valence-electron chi connectivity index (χ1n) is 4.95. The molecule has 0 bridgehead atoms. The highest BCUT2D eigenvalue weighted by atomic mass is 35.5. The second-order valence-electron chi connectivity index (χ2n) is 3.62. The third kappa shape index (κ3) is 2.43. The number of nitrogens with one attached hydrogen (secondary N) is 1. The van der Waals surface area contributed by atoms with Crippen LogP contribution in [0.3, 0.4) is 0 Å². The van der Waals surface area contributed by atoms with Crippen LogP contribution in [0.4, 0.5) is 11.4 Å². The lowest BCUT2D eigenvalue weighted by Gasteiger charge is -2.12. The molecule has 1 fully saturated rings. The second-order valence-corrected chi connectivity index (χ2v) is 4.06. The summed E-state index contributed by atoms with van der Waals surface area (Å²) in [4.78, 5) is 10.4. The number of ether oxygens (including phenoxy) is 1. The van der Waals surface area contributed by atoms with Gasteiger partial charge in [-0.15, -0.1) is 0 Å². The number of anilines is 1. The van der Waals surface area contributed by atoms with Gasteiger partial charge in [-0.3, -0.25) is 10.1 Å². The van der Waals surface area contributed by atoms with Gasteiger partial charge in [0.15, 0.2) is 0 Å². The molecule has 1 saturated heterocycles. The minimum atomic E-state index is -0.440. The van der Waals surface area contributed by atoms with Gasteiger partial charge in [0.25, 0.3) is 5.69 Å². The lowest BCUT2D eigenvalue weighted by Crippen LogP contribution is -2.19. The number of nitrogens with zero attached hydrogens (tertiary/aromatic N) is 1. The molecule has 16 heavy (non-hydrogen) atoms. The van der Waals surface area contributed by atoms with Crippen molar-refractivity contribution in [2.45, 2.75) is 12.5 Å². The first-order chi connectivity index (χ1) is 7.66. The highest BCUT2D eigenvalue weighted by Crippen LogP contribution is 2.29. The van der Waals surface area contributed by atoms with Crippen LogP contribution in [-0.4, -0.2) is 24.2 Å². The molecule has 6 heteroatoms. The van der Waals surface area contributed by atoms with Crippen molar-refractivity contribution < 1.29 is 9.66 Å². The summed E-state index contributed by atoms with van der Waals surface area (Å²) in [5, 5.41) is 14.3. The maximum Gasteiger partial charge on any atom is 0.293 e. The Morgan fingerprint density at radius 3 is 3.00 bits per heavy atom. The van der Waals surface area contributed by atoms with E-state index in [-0.39, 0.29) is 11.7 Å². The van der Waals surface area contributed by atoms with Gasteiger partial charge in [0, 0.05) is 17.7 Å². The van der Waals surface area contributed by atoms with Gasteiger partial charge in [-0.2, -0.15) is 0 Å². The zero-order valence-electron chi connectivity index (χ0n) is 8.48. The molecule has 0 radical (unpaired) electrons. The number of benzene rings is 1. The van der Waals surface area contributed by atoms with Gasteiger partial charge in [-0.25, -0.2) is 0 Å². The molecule has 1 aromatic carbocycles. The van der Waals surface area contributed by atoms with Gasteiger partial charge in [0.2, 0.25) is 0 Å². The Labute approximate surface area is 97.5 Å². The fourth-order valence-corrected chi connectivity index (χ4v) is 1.81. The summed E-state index contributed by atoms with van der Waals surface area (Å²) in [7, 11) is 0. The maximum absolute atomic E-state index is 10.8. The first kappa shape index (κ1) is 11.2. The molecule has 2 rings (SSSR count). The fourth-order valence-electron chi connectivity index (χ4n) is 1.65. The highest BCUT2D eigenvalue weighted by molar-refractivity contribution is 6.30. The van der Waals surface area contributed by atoms with Crippen LogP contribution in [0.25, 0.3) is 0 Å². The molecule has 0 saturated carbocycles. The van der Waals surface area contributed by atoms with E-state index in [1.54, 1.807) is 12.1 Å². The van der Waals surface area contributed by atoms with Crippen LogP contribution in [0.5, 0.6) is 0 Å². The number of nitro groups is 1. The van der Waals surface area contributed by atoms with Crippen molar-refractivity contribution in [1.29, 1.82) is 0 Å². The van der Waals surface area contributed by atoms with Crippen LogP contribution in [0.2, 0.25) is 5.02 Å². The molecule has 5 nitrogen and oxygen atoms in total. The molecule has 1 aliphatic heterocycles. The summed E-state index contributed by atoms with van der Waals surface area (Å²) < 4.78 is 5.19. The molecule has 0 amide bonds. The largest absolute Gasteiger partial charge is 0.379 e. The Hall–Kier alpha value is -1.33. The van der Waals surface area contributed by atoms with E-state index in [1.807, 2.05) is 0 Å². The minimum absolute atomic E-state index is 0.000556. The Kier molecular flexibility index (Phi) is 3.26. The van der Waals surface area contributed by atoms with E-state index < -0.39 is 4.92 Å². The number of halogens is 1. The molecular weight excluding hydrogens is 232 g/mol. The van der Waals surface area contributed by atoms with Crippen LogP contribution < -0.4 is 5.32 Å². The topological polar surface area (TPSA) is 64.4 Å². The zero-order valence-corrected chi connectivity index (χ0v) is 9.24. The number of hydrogen-bond donors (Lipinski definition) is 1. The van der Waals surface area contributed by atoms with E-state index >= 15 is 0 Å². The minimum Gasteiger partial charge on any atom is -0.379 e. The van der Waals surface area contributed by atoms with E-state index in [9.17, 15) is 10.1 Å². The molecular formula is C10H11ClN2O3. The fraction of sp³-hybridized carbons (Fsp3) is 0.400. The van der Waals surface area contributed by atoms with E-state index in [2.05, 4.69) is 5.32 Å². The summed E-state index contributed by atoms with van der Waals surface area (Å²) >= 11 is 5.72. The summed E-state index contributed by atoms with van der Waals surface area (Å²) in [6, 6.07) is 4.74. The van der Waals surface area contributed by atoms with Crippen molar-refractivity contribution >= 4 is 23.0 Å². The molecule has 1 N–H and O–H groups in total. The molecule has 0 aliphatic carbocycles. The van der Waals surface area contributed by atoms with Gasteiger partial charge < -0.3 is 10.1 Å². The molecule has 1 atom stereocenters. The smallest absolute Gasteiger partial charge is 0.293 e. The van der Waals surface area contributed by atoms with Gasteiger partial charge in [0.1, 0.15) is 5.69 Å². The molecule has 0 spiro atoms. The van der Waals surface area contributed by atoms with Crippen molar-refractivity contribution in [1.82, 2.24) is 0 Å². The van der Waals surface area contributed by atoms with Crippen molar-refractivity contribution in [3.05, 3.63) is 33.3 Å². The predicted octanol–water partition coefficient (Wildman–Crippen LogP) is 2.45. The Morgan fingerprint density at radius 1 is 1.56 bits per heavy atom. The molecule has 0 aromatic heterocycles. The lowest BCUT2D eigenvalue weighted by molar-refractivity contribution is -0.384. The Balaban J connectivity index is 2.21. The van der Waals surface area contributed by atoms with E-state index in [0.717, 1.165) is 6.42 Å². The van der Waals surface area contributed by atoms with Crippen LogP contribution in [-0.2, 0) is 4.74 Å². The predicted molar refractivity (Wildman–Crippen MR) is 61.0 cm³/mol. The zero-order chi connectivity index (χ0) is 11.5. The summed E-state index contributed by atoms with van der Waals surface area (Å²) in [6.45, 7) is 1.28. The number of nitro benzene ring substituents is 1. The SMILES string of the molecule is O=[N+]([O-])c1cc(Cl)ccc1NC1CCOC1. The standard InChI is InChI=1S/C10H11ClN2O3/c11-7-1-2-9(10(5-7)13(14)15)12-8-3-4-16-6-8/h1-2,5,8,12H,3-4,6H2. The van der Waals surface area contributed by atoms with Crippen molar-refractivity contribution in [3.63, 3.8) is 0 Å². The van der Waals surface area contributed by atoms with Crippen LogP contribution in [0.1, 0.15) is 6.42 Å². The number of hydrogen-bond acceptors (Lipinski definition) is 4. The molecule has 1 aromatic rings. The van der Waals surface area contributed by atoms with Gasteiger partial charge in [-0.1, -0.05) is 11.6 Å². The molecule has 1 unspecified atom stereocenters. The Morgan fingerprint density at radius 2 is 2.38 bits per heavy atom. The van der Waals surface area contributed by atoms with Gasteiger partial charge in [0.05, 0.1) is 17.6 Å². The number of rotatable bonds is 3. The summed E-state index contributed by atoms with van der Waals surface area (Å²) in [5.74, 6) is 0. The Bertz CT molecular complexity index is 405. The van der Waals surface area contributed by atoms with Gasteiger partial charge in [-0.05, 0) is 18.6 Å². The first-order valence-corrected chi connectivity index (χ1v) is 5.33. The van der Waals surface area contributed by atoms with Crippen molar-refractivity contribution in [2.75, 3.05) is 18.5 Å². The van der Waals surface area contributed by atoms with Gasteiger partial charge >= 0.3 is 0 Å². The van der Waals surface area contributed by atoms with E-state index in [0.29, 0.717) is 23.9 Å². The lowest BCUT2D eigenvalue weighted by atomic mass is 10.2. The third-order valence-electron chi connectivity index (χ3n) is 2.45. The van der Waals surface area contributed by atoms with Crippen LogP contribution >= 0.6 is 11.6 Å². The van der Waals surface area contributed by atoms with Crippen molar-refractivity contribution in [3.8, 4) is 0 Å². The normalized spacial score (nSPS) is 19.7. The average Bonchev–Trinajstić information content (AvgIpc) is 2.73. The maximum atomic E-state index is 10.8. The molecule has 86 valence electrons. The van der Waals surface area contributed by atoms with Crippen LogP contribution in [0, 0.1) is 10.1 Å². The second kappa shape index (κ2) is 4.67. The average molecular weight is 243 g/mol. The summed E-state index contributed by atoms with van der Waals surface area (Å²) in [6.07, 6.45) is 0.861. The summed E-state index contributed by atoms with van der Waals surface area (Å²) in [5.41, 5.74) is 0.490. The third-order valence-corrected chi connectivity index (χ3v) is 2.68. The van der Waals surface area contributed by atoms with Crippen molar-refractivity contribution in [2.24, 2.45) is 0 Å². The quantitative estimate of drug-likeness (QED) is 0.653. The highest BCUT2D eigenvalue weighted by Gasteiger charge is 2.20. The van der Waals surface area contributed by atoms with E-state index in [1.165, 1.54) is 6.07 Å².